The van der Waals surface area contributed by atoms with E-state index in [2.05, 4.69) is 11.9 Å². The Balaban J connectivity index is 1.96. The summed E-state index contributed by atoms with van der Waals surface area (Å²) in [7, 11) is 2.09. The summed E-state index contributed by atoms with van der Waals surface area (Å²) in [6, 6.07) is 0.362. The molecule has 86 valence electrons. The number of amides is 1. The number of hydrogen-bond donors (Lipinski definition) is 1. The van der Waals surface area contributed by atoms with E-state index >= 15 is 0 Å². The standard InChI is InChI=1S/C10H19N3O2/c1-12-3-2-8(5-12)13-6-9(4-11)15-7-10(13)14/h8-9H,2-7,11H2,1H3. The Morgan fingerprint density at radius 1 is 1.53 bits per heavy atom. The Labute approximate surface area is 90.1 Å². The largest absolute Gasteiger partial charge is 0.365 e. The molecular weight excluding hydrogens is 194 g/mol. The third kappa shape index (κ3) is 2.30. The molecule has 0 aromatic heterocycles. The first-order valence-corrected chi connectivity index (χ1v) is 5.50. The number of nitrogens with zero attached hydrogens (tertiary/aromatic N) is 2. The fourth-order valence-electron chi connectivity index (χ4n) is 2.31. The molecule has 0 aliphatic carbocycles. The number of rotatable bonds is 2. The van der Waals surface area contributed by atoms with Crippen LogP contribution in [0.4, 0.5) is 0 Å². The lowest BCUT2D eigenvalue weighted by Crippen LogP contribution is -2.53. The van der Waals surface area contributed by atoms with Crippen LogP contribution in [-0.2, 0) is 9.53 Å². The summed E-state index contributed by atoms with van der Waals surface area (Å²) in [5.74, 6) is 0.111. The molecule has 2 saturated heterocycles. The lowest BCUT2D eigenvalue weighted by Gasteiger charge is -2.36. The molecule has 2 fully saturated rings. The topological polar surface area (TPSA) is 58.8 Å². The first kappa shape index (κ1) is 10.9. The van der Waals surface area contributed by atoms with Gasteiger partial charge in [0.15, 0.2) is 0 Å². The average molecular weight is 213 g/mol. The third-order valence-electron chi connectivity index (χ3n) is 3.23. The van der Waals surface area contributed by atoms with E-state index in [1.807, 2.05) is 4.90 Å². The van der Waals surface area contributed by atoms with E-state index < -0.39 is 0 Å². The van der Waals surface area contributed by atoms with Crippen LogP contribution >= 0.6 is 0 Å². The molecule has 0 saturated carbocycles. The summed E-state index contributed by atoms with van der Waals surface area (Å²) >= 11 is 0. The van der Waals surface area contributed by atoms with Gasteiger partial charge >= 0.3 is 0 Å². The van der Waals surface area contributed by atoms with E-state index in [9.17, 15) is 4.79 Å². The minimum absolute atomic E-state index is 0.0219. The second-order valence-corrected chi connectivity index (χ2v) is 4.42. The maximum Gasteiger partial charge on any atom is 0.248 e. The number of hydrogen-bond acceptors (Lipinski definition) is 4. The minimum Gasteiger partial charge on any atom is -0.365 e. The van der Waals surface area contributed by atoms with Crippen molar-refractivity contribution in [3.63, 3.8) is 0 Å². The second-order valence-electron chi connectivity index (χ2n) is 4.42. The van der Waals surface area contributed by atoms with E-state index in [0.29, 0.717) is 19.1 Å². The molecule has 0 radical (unpaired) electrons. The lowest BCUT2D eigenvalue weighted by molar-refractivity contribution is -0.151. The third-order valence-corrected chi connectivity index (χ3v) is 3.23. The summed E-state index contributed by atoms with van der Waals surface area (Å²) in [4.78, 5) is 15.9. The van der Waals surface area contributed by atoms with Crippen molar-refractivity contribution in [3.8, 4) is 0 Å². The van der Waals surface area contributed by atoms with Crippen molar-refractivity contribution >= 4 is 5.91 Å². The summed E-state index contributed by atoms with van der Waals surface area (Å²) < 4.78 is 5.33. The molecule has 1 amide bonds. The number of likely N-dealkylation sites (tertiary alicyclic amines) is 1. The first-order chi connectivity index (χ1) is 7.20. The Bertz CT molecular complexity index is 247. The highest BCUT2D eigenvalue weighted by Gasteiger charge is 2.33. The van der Waals surface area contributed by atoms with Gasteiger partial charge in [0.05, 0.1) is 6.10 Å². The molecule has 2 aliphatic rings. The number of carbonyl (C=O) groups excluding carboxylic acids is 1. The number of likely N-dealkylation sites (N-methyl/N-ethyl adjacent to an activating group) is 1. The van der Waals surface area contributed by atoms with Crippen molar-refractivity contribution in [1.29, 1.82) is 0 Å². The highest BCUT2D eigenvalue weighted by molar-refractivity contribution is 5.78. The van der Waals surface area contributed by atoms with Gasteiger partial charge in [0.1, 0.15) is 6.61 Å². The van der Waals surface area contributed by atoms with Gasteiger partial charge in [-0.1, -0.05) is 0 Å². The van der Waals surface area contributed by atoms with Gasteiger partial charge in [-0.25, -0.2) is 0 Å². The van der Waals surface area contributed by atoms with Crippen molar-refractivity contribution in [1.82, 2.24) is 9.80 Å². The van der Waals surface area contributed by atoms with Gasteiger partial charge in [-0.3, -0.25) is 4.79 Å². The Morgan fingerprint density at radius 2 is 2.33 bits per heavy atom. The first-order valence-electron chi connectivity index (χ1n) is 5.50. The fourth-order valence-corrected chi connectivity index (χ4v) is 2.31. The van der Waals surface area contributed by atoms with Gasteiger partial charge in [0, 0.05) is 25.7 Å². The van der Waals surface area contributed by atoms with Crippen LogP contribution in [0, 0.1) is 0 Å². The van der Waals surface area contributed by atoms with Crippen molar-refractivity contribution in [3.05, 3.63) is 0 Å². The second kappa shape index (κ2) is 4.47. The number of ether oxygens (including phenoxy) is 1. The van der Waals surface area contributed by atoms with E-state index in [1.165, 1.54) is 0 Å². The molecular formula is C10H19N3O2. The smallest absolute Gasteiger partial charge is 0.248 e. The molecule has 5 heteroatoms. The van der Waals surface area contributed by atoms with Crippen molar-refractivity contribution in [2.24, 2.45) is 5.73 Å². The average Bonchev–Trinajstić information content (AvgIpc) is 2.65. The predicted molar refractivity (Wildman–Crippen MR) is 56.4 cm³/mol. The van der Waals surface area contributed by atoms with Gasteiger partial charge in [-0.05, 0) is 20.0 Å². The molecule has 2 atom stereocenters. The van der Waals surface area contributed by atoms with E-state index in [1.54, 1.807) is 0 Å². The van der Waals surface area contributed by atoms with Gasteiger partial charge in [-0.2, -0.15) is 0 Å². The minimum atomic E-state index is 0.0219. The quantitative estimate of drug-likeness (QED) is 0.631. The van der Waals surface area contributed by atoms with Crippen molar-refractivity contribution < 1.29 is 9.53 Å². The van der Waals surface area contributed by atoms with Crippen LogP contribution < -0.4 is 5.73 Å². The molecule has 15 heavy (non-hydrogen) atoms. The number of morpholine rings is 1. The SMILES string of the molecule is CN1CCC(N2CC(CN)OCC2=O)C1. The summed E-state index contributed by atoms with van der Waals surface area (Å²) in [6.07, 6.45) is 1.09. The molecule has 0 aromatic carbocycles. The molecule has 2 heterocycles. The van der Waals surface area contributed by atoms with Crippen LogP contribution in [0.5, 0.6) is 0 Å². The van der Waals surface area contributed by atoms with Crippen LogP contribution in [0.3, 0.4) is 0 Å². The maximum absolute atomic E-state index is 11.7. The fraction of sp³-hybridized carbons (Fsp3) is 0.900. The number of carbonyl (C=O) groups is 1. The summed E-state index contributed by atoms with van der Waals surface area (Å²) in [5, 5.41) is 0. The normalized spacial score (nSPS) is 33.7. The maximum atomic E-state index is 11.7. The Kier molecular flexibility index (Phi) is 3.23. The molecule has 0 bridgehead atoms. The van der Waals surface area contributed by atoms with Crippen molar-refractivity contribution in [2.45, 2.75) is 18.6 Å². The summed E-state index contributed by atoms with van der Waals surface area (Å²) in [5.41, 5.74) is 5.56. The van der Waals surface area contributed by atoms with Crippen LogP contribution in [0.1, 0.15) is 6.42 Å². The van der Waals surface area contributed by atoms with Gasteiger partial charge in [0.2, 0.25) is 5.91 Å². The zero-order valence-corrected chi connectivity index (χ0v) is 9.19. The van der Waals surface area contributed by atoms with Gasteiger partial charge in [0.25, 0.3) is 0 Å². The lowest BCUT2D eigenvalue weighted by atomic mass is 10.1. The Morgan fingerprint density at radius 3 is 2.93 bits per heavy atom. The van der Waals surface area contributed by atoms with Gasteiger partial charge < -0.3 is 20.3 Å². The molecule has 2 unspecified atom stereocenters. The monoisotopic (exact) mass is 213 g/mol. The van der Waals surface area contributed by atoms with E-state index in [4.69, 9.17) is 10.5 Å². The zero-order valence-electron chi connectivity index (χ0n) is 9.19. The molecule has 2 N–H and O–H groups in total. The molecule has 2 aliphatic heterocycles. The number of nitrogens with two attached hydrogens (primary N) is 1. The zero-order chi connectivity index (χ0) is 10.8. The molecule has 5 nitrogen and oxygen atoms in total. The van der Waals surface area contributed by atoms with Crippen LogP contribution in [0.15, 0.2) is 0 Å². The highest BCUT2D eigenvalue weighted by atomic mass is 16.5. The molecule has 2 rings (SSSR count). The van der Waals surface area contributed by atoms with Crippen LogP contribution in [0.2, 0.25) is 0 Å². The highest BCUT2D eigenvalue weighted by Crippen LogP contribution is 2.17. The van der Waals surface area contributed by atoms with Gasteiger partial charge in [-0.15, -0.1) is 0 Å². The van der Waals surface area contributed by atoms with Crippen LogP contribution in [0.25, 0.3) is 0 Å². The molecule has 0 aromatic rings. The van der Waals surface area contributed by atoms with E-state index in [-0.39, 0.29) is 18.6 Å². The summed E-state index contributed by atoms with van der Waals surface area (Å²) in [6.45, 7) is 3.40. The predicted octanol–water partition coefficient (Wildman–Crippen LogP) is -1.12. The van der Waals surface area contributed by atoms with E-state index in [0.717, 1.165) is 19.5 Å². The van der Waals surface area contributed by atoms with Crippen LogP contribution in [-0.4, -0.2) is 67.7 Å². The molecule has 0 spiro atoms. The van der Waals surface area contributed by atoms with Crippen molar-refractivity contribution in [2.75, 3.05) is 39.8 Å². The Hall–Kier alpha value is -0.650.